The van der Waals surface area contributed by atoms with E-state index >= 15 is 0 Å². The average Bonchev–Trinajstić information content (AvgIpc) is 2.82. The van der Waals surface area contributed by atoms with Crippen LogP contribution < -0.4 is 5.73 Å². The van der Waals surface area contributed by atoms with Crippen LogP contribution in [0.4, 0.5) is 0 Å². The molecular weight excluding hydrogens is 220 g/mol. The van der Waals surface area contributed by atoms with Gasteiger partial charge in [0, 0.05) is 29.1 Å². The summed E-state index contributed by atoms with van der Waals surface area (Å²) in [6.45, 7) is 2.21. The molecule has 3 N–H and O–H groups in total. The monoisotopic (exact) mass is 242 g/mol. The van der Waals surface area contributed by atoms with Gasteiger partial charge in [-0.05, 0) is 42.5 Å². The standard InChI is InChI=1S/C16H22N2/c1-2-11-7-8-16-13(9-11)14(10-18-16)12-5-3-4-6-15(12)17/h7-10,12,15,18H,2-6,17H2,1H3. The molecule has 3 rings (SSSR count). The van der Waals surface area contributed by atoms with E-state index in [0.29, 0.717) is 12.0 Å². The summed E-state index contributed by atoms with van der Waals surface area (Å²) in [5, 5.41) is 1.39. The number of nitrogens with two attached hydrogens (primary N) is 1. The summed E-state index contributed by atoms with van der Waals surface area (Å²) < 4.78 is 0. The zero-order chi connectivity index (χ0) is 12.5. The van der Waals surface area contributed by atoms with Crippen molar-refractivity contribution in [2.45, 2.75) is 51.0 Å². The summed E-state index contributed by atoms with van der Waals surface area (Å²) in [6, 6.07) is 7.08. The summed E-state index contributed by atoms with van der Waals surface area (Å²) in [4.78, 5) is 3.40. The van der Waals surface area contributed by atoms with E-state index in [0.717, 1.165) is 6.42 Å². The van der Waals surface area contributed by atoms with Crippen LogP contribution in [-0.2, 0) is 6.42 Å². The van der Waals surface area contributed by atoms with Gasteiger partial charge >= 0.3 is 0 Å². The Kier molecular flexibility index (Phi) is 3.13. The number of H-pyrrole nitrogens is 1. The molecule has 2 heteroatoms. The number of hydrogen-bond acceptors (Lipinski definition) is 1. The number of rotatable bonds is 2. The molecular formula is C16H22N2. The van der Waals surface area contributed by atoms with Gasteiger partial charge in [0.05, 0.1) is 0 Å². The lowest BCUT2D eigenvalue weighted by molar-refractivity contribution is 0.387. The smallest absolute Gasteiger partial charge is 0.0457 e. The van der Waals surface area contributed by atoms with Crippen molar-refractivity contribution in [3.05, 3.63) is 35.5 Å². The highest BCUT2D eigenvalue weighted by Crippen LogP contribution is 2.36. The fraction of sp³-hybridized carbons (Fsp3) is 0.500. The Morgan fingerprint density at radius 2 is 2.11 bits per heavy atom. The Balaban J connectivity index is 2.05. The van der Waals surface area contributed by atoms with Gasteiger partial charge in [0.2, 0.25) is 0 Å². The number of benzene rings is 1. The van der Waals surface area contributed by atoms with Gasteiger partial charge in [0.25, 0.3) is 0 Å². The maximum Gasteiger partial charge on any atom is 0.0457 e. The van der Waals surface area contributed by atoms with Gasteiger partial charge in [-0.15, -0.1) is 0 Å². The Bertz CT molecular complexity index is 541. The Morgan fingerprint density at radius 1 is 1.28 bits per heavy atom. The molecule has 2 aromatic rings. The van der Waals surface area contributed by atoms with Crippen molar-refractivity contribution in [3.8, 4) is 0 Å². The van der Waals surface area contributed by atoms with Gasteiger partial charge in [0.15, 0.2) is 0 Å². The molecule has 2 nitrogen and oxygen atoms in total. The molecule has 1 fully saturated rings. The Hall–Kier alpha value is -1.28. The molecule has 1 aliphatic carbocycles. The maximum absolute atomic E-state index is 6.32. The first kappa shape index (κ1) is 11.8. The first-order valence-electron chi connectivity index (χ1n) is 7.15. The third-order valence-electron chi connectivity index (χ3n) is 4.41. The topological polar surface area (TPSA) is 41.8 Å². The predicted octanol–water partition coefficient (Wildman–Crippen LogP) is 3.72. The highest BCUT2D eigenvalue weighted by molar-refractivity contribution is 5.84. The molecule has 0 amide bonds. The molecule has 1 aliphatic rings. The van der Waals surface area contributed by atoms with Crippen LogP contribution in [-0.4, -0.2) is 11.0 Å². The molecule has 1 saturated carbocycles. The van der Waals surface area contributed by atoms with Crippen molar-refractivity contribution in [1.82, 2.24) is 4.98 Å². The van der Waals surface area contributed by atoms with Crippen LogP contribution in [0.1, 0.15) is 49.7 Å². The molecule has 1 aromatic carbocycles. The molecule has 2 unspecified atom stereocenters. The van der Waals surface area contributed by atoms with E-state index in [1.165, 1.54) is 47.7 Å². The van der Waals surface area contributed by atoms with E-state index in [4.69, 9.17) is 5.73 Å². The van der Waals surface area contributed by atoms with E-state index in [1.54, 1.807) is 0 Å². The van der Waals surface area contributed by atoms with Crippen molar-refractivity contribution in [1.29, 1.82) is 0 Å². The van der Waals surface area contributed by atoms with Crippen LogP contribution in [0, 0.1) is 0 Å². The summed E-state index contributed by atoms with van der Waals surface area (Å²) >= 11 is 0. The number of aromatic amines is 1. The molecule has 96 valence electrons. The van der Waals surface area contributed by atoms with Crippen LogP contribution >= 0.6 is 0 Å². The van der Waals surface area contributed by atoms with Gasteiger partial charge in [-0.25, -0.2) is 0 Å². The number of nitrogens with one attached hydrogen (secondary N) is 1. The summed E-state index contributed by atoms with van der Waals surface area (Å²) in [7, 11) is 0. The molecule has 1 aromatic heterocycles. The second-order valence-corrected chi connectivity index (χ2v) is 5.53. The first-order valence-corrected chi connectivity index (χ1v) is 7.15. The van der Waals surface area contributed by atoms with Crippen molar-refractivity contribution < 1.29 is 0 Å². The van der Waals surface area contributed by atoms with Crippen molar-refractivity contribution >= 4 is 10.9 Å². The van der Waals surface area contributed by atoms with Gasteiger partial charge < -0.3 is 10.7 Å². The Morgan fingerprint density at radius 3 is 2.89 bits per heavy atom. The zero-order valence-corrected chi connectivity index (χ0v) is 11.1. The van der Waals surface area contributed by atoms with E-state index in [-0.39, 0.29) is 0 Å². The van der Waals surface area contributed by atoms with E-state index in [2.05, 4.69) is 36.3 Å². The normalized spacial score (nSPS) is 24.6. The van der Waals surface area contributed by atoms with E-state index in [1.807, 2.05) is 0 Å². The fourth-order valence-electron chi connectivity index (χ4n) is 3.26. The summed E-state index contributed by atoms with van der Waals surface area (Å²) in [6.07, 6.45) is 8.30. The minimum atomic E-state index is 0.336. The molecule has 0 spiro atoms. The number of fused-ring (bicyclic) bond motifs is 1. The predicted molar refractivity (Wildman–Crippen MR) is 76.9 cm³/mol. The van der Waals surface area contributed by atoms with Gasteiger partial charge in [-0.2, -0.15) is 0 Å². The quantitative estimate of drug-likeness (QED) is 0.828. The maximum atomic E-state index is 6.32. The van der Waals surface area contributed by atoms with Crippen molar-refractivity contribution in [2.75, 3.05) is 0 Å². The molecule has 0 aliphatic heterocycles. The molecule has 2 atom stereocenters. The summed E-state index contributed by atoms with van der Waals surface area (Å²) in [5.74, 6) is 0.541. The van der Waals surface area contributed by atoms with E-state index < -0.39 is 0 Å². The van der Waals surface area contributed by atoms with Crippen molar-refractivity contribution in [2.24, 2.45) is 5.73 Å². The van der Waals surface area contributed by atoms with Gasteiger partial charge in [-0.1, -0.05) is 25.8 Å². The van der Waals surface area contributed by atoms with Crippen LogP contribution in [0.5, 0.6) is 0 Å². The average molecular weight is 242 g/mol. The van der Waals surface area contributed by atoms with Crippen molar-refractivity contribution in [3.63, 3.8) is 0 Å². The minimum absolute atomic E-state index is 0.336. The second-order valence-electron chi connectivity index (χ2n) is 5.53. The largest absolute Gasteiger partial charge is 0.361 e. The number of aromatic nitrogens is 1. The molecule has 1 heterocycles. The summed E-state index contributed by atoms with van der Waals surface area (Å²) in [5.41, 5.74) is 10.4. The van der Waals surface area contributed by atoms with E-state index in [9.17, 15) is 0 Å². The molecule has 0 saturated heterocycles. The zero-order valence-electron chi connectivity index (χ0n) is 11.1. The third-order valence-corrected chi connectivity index (χ3v) is 4.41. The van der Waals surface area contributed by atoms with Crippen LogP contribution in [0.2, 0.25) is 0 Å². The lowest BCUT2D eigenvalue weighted by atomic mass is 9.80. The van der Waals surface area contributed by atoms with Gasteiger partial charge in [0.1, 0.15) is 0 Å². The second kappa shape index (κ2) is 4.77. The number of aryl methyl sites for hydroxylation is 1. The Labute approximate surface area is 109 Å². The SMILES string of the molecule is CCc1ccc2[nH]cc(C3CCCCC3N)c2c1. The highest BCUT2D eigenvalue weighted by Gasteiger charge is 2.25. The fourth-order valence-corrected chi connectivity index (χ4v) is 3.26. The number of hydrogen-bond donors (Lipinski definition) is 2. The third kappa shape index (κ3) is 1.95. The lowest BCUT2D eigenvalue weighted by Crippen LogP contribution is -2.31. The minimum Gasteiger partial charge on any atom is -0.361 e. The van der Waals surface area contributed by atoms with Crippen LogP contribution in [0.15, 0.2) is 24.4 Å². The molecule has 0 radical (unpaired) electrons. The molecule has 0 bridgehead atoms. The lowest BCUT2D eigenvalue weighted by Gasteiger charge is -2.28. The van der Waals surface area contributed by atoms with Crippen LogP contribution in [0.3, 0.4) is 0 Å². The van der Waals surface area contributed by atoms with Crippen LogP contribution in [0.25, 0.3) is 10.9 Å². The van der Waals surface area contributed by atoms with Gasteiger partial charge in [-0.3, -0.25) is 0 Å². The highest BCUT2D eigenvalue weighted by atomic mass is 14.7. The molecule has 18 heavy (non-hydrogen) atoms. The first-order chi connectivity index (χ1) is 8.79.